The van der Waals surface area contributed by atoms with E-state index >= 15 is 0 Å². The summed E-state index contributed by atoms with van der Waals surface area (Å²) in [6.07, 6.45) is -0.366. The van der Waals surface area contributed by atoms with Crippen molar-refractivity contribution in [2.75, 3.05) is 5.32 Å². The van der Waals surface area contributed by atoms with Gasteiger partial charge in [-0.2, -0.15) is 10.5 Å². The molecule has 0 aromatic heterocycles. The lowest BCUT2D eigenvalue weighted by atomic mass is 10.2. The summed E-state index contributed by atoms with van der Waals surface area (Å²) in [7, 11) is 0. The maximum absolute atomic E-state index is 13.3. The average molecular weight is 238 g/mol. The monoisotopic (exact) mass is 237 g/mol. The quantitative estimate of drug-likeness (QED) is 0.857. The van der Waals surface area contributed by atoms with Crippen LogP contribution in [0.5, 0.6) is 0 Å². The zero-order valence-electron chi connectivity index (χ0n) is 7.92. The van der Waals surface area contributed by atoms with Crippen LogP contribution in [-0.2, 0) is 4.79 Å². The van der Waals surface area contributed by atoms with Crippen molar-refractivity contribution in [3.8, 4) is 12.1 Å². The van der Waals surface area contributed by atoms with Crippen molar-refractivity contribution < 1.29 is 9.18 Å². The van der Waals surface area contributed by atoms with Crippen LogP contribution in [0.3, 0.4) is 0 Å². The molecule has 0 heterocycles. The van der Waals surface area contributed by atoms with E-state index in [2.05, 4.69) is 5.32 Å². The molecule has 0 saturated heterocycles. The summed E-state index contributed by atoms with van der Waals surface area (Å²) in [5.74, 6) is -1.50. The summed E-state index contributed by atoms with van der Waals surface area (Å²) in [5, 5.41) is 19.0. The Bertz CT molecular complexity index is 516. The number of rotatable bonds is 2. The van der Waals surface area contributed by atoms with Crippen molar-refractivity contribution in [3.63, 3.8) is 0 Å². The normalized spacial score (nSPS) is 9.00. The van der Waals surface area contributed by atoms with Crippen LogP contribution in [0.1, 0.15) is 12.0 Å². The van der Waals surface area contributed by atoms with E-state index in [1.807, 2.05) is 0 Å². The number of nitrogens with zero attached hydrogens (tertiary/aromatic N) is 2. The predicted octanol–water partition coefficient (Wildman–Crippen LogP) is 2.20. The van der Waals surface area contributed by atoms with Gasteiger partial charge in [0, 0.05) is 0 Å². The molecule has 1 aromatic carbocycles. The number of halogens is 2. The minimum atomic E-state index is -0.890. The SMILES string of the molecule is N#CCC(=O)Nc1ccc(Cl)c(F)c1C#N. The Morgan fingerprint density at radius 2 is 2.19 bits per heavy atom. The van der Waals surface area contributed by atoms with Gasteiger partial charge in [-0.25, -0.2) is 4.39 Å². The number of nitriles is 2. The summed E-state index contributed by atoms with van der Waals surface area (Å²) >= 11 is 5.47. The lowest BCUT2D eigenvalue weighted by molar-refractivity contribution is -0.115. The highest BCUT2D eigenvalue weighted by atomic mass is 35.5. The first kappa shape index (κ1) is 12.0. The highest BCUT2D eigenvalue weighted by Gasteiger charge is 2.13. The summed E-state index contributed by atoms with van der Waals surface area (Å²) in [6.45, 7) is 0. The molecule has 1 N–H and O–H groups in total. The standard InChI is InChI=1S/C10H5ClFN3O/c11-7-1-2-8(6(5-14)10(7)12)15-9(16)3-4-13/h1-2H,3H2,(H,15,16). The largest absolute Gasteiger partial charge is 0.324 e. The Hall–Kier alpha value is -2.11. The zero-order chi connectivity index (χ0) is 12.1. The van der Waals surface area contributed by atoms with E-state index in [9.17, 15) is 9.18 Å². The minimum Gasteiger partial charge on any atom is -0.324 e. The van der Waals surface area contributed by atoms with Crippen molar-refractivity contribution in [1.29, 1.82) is 10.5 Å². The molecule has 0 atom stereocenters. The van der Waals surface area contributed by atoms with Gasteiger partial charge in [-0.1, -0.05) is 11.6 Å². The first-order valence-corrected chi connectivity index (χ1v) is 4.53. The van der Waals surface area contributed by atoms with E-state index < -0.39 is 11.7 Å². The van der Waals surface area contributed by atoms with Crippen molar-refractivity contribution in [1.82, 2.24) is 0 Å². The Kier molecular flexibility index (Phi) is 3.82. The van der Waals surface area contributed by atoms with Crippen LogP contribution in [0.4, 0.5) is 10.1 Å². The summed E-state index contributed by atoms with van der Waals surface area (Å²) in [5.41, 5.74) is -0.344. The topological polar surface area (TPSA) is 76.7 Å². The number of hydrogen-bond acceptors (Lipinski definition) is 3. The van der Waals surface area contributed by atoms with E-state index in [-0.39, 0.29) is 22.7 Å². The number of hydrogen-bond donors (Lipinski definition) is 1. The predicted molar refractivity (Wildman–Crippen MR) is 55.0 cm³/mol. The second-order valence-electron chi connectivity index (χ2n) is 2.78. The summed E-state index contributed by atoms with van der Waals surface area (Å²) in [4.78, 5) is 11.1. The number of carbonyl (C=O) groups excluding carboxylic acids is 1. The molecule has 0 fully saturated rings. The van der Waals surface area contributed by atoms with Gasteiger partial charge in [0.2, 0.25) is 5.91 Å². The molecule has 80 valence electrons. The first-order chi connectivity index (χ1) is 7.60. The Morgan fingerprint density at radius 1 is 1.50 bits per heavy atom. The lowest BCUT2D eigenvalue weighted by Crippen LogP contribution is -2.11. The number of benzene rings is 1. The molecule has 4 nitrogen and oxygen atoms in total. The first-order valence-electron chi connectivity index (χ1n) is 4.15. The maximum Gasteiger partial charge on any atom is 0.238 e. The molecule has 0 unspecified atom stereocenters. The van der Waals surface area contributed by atoms with Crippen LogP contribution >= 0.6 is 11.6 Å². The third-order valence-electron chi connectivity index (χ3n) is 1.72. The van der Waals surface area contributed by atoms with Crippen molar-refractivity contribution in [2.24, 2.45) is 0 Å². The molecule has 1 aromatic rings. The van der Waals surface area contributed by atoms with Gasteiger partial charge in [0.05, 0.1) is 16.8 Å². The molecular formula is C10H5ClFN3O. The van der Waals surface area contributed by atoms with E-state index in [0.29, 0.717) is 0 Å². The molecule has 0 spiro atoms. The Morgan fingerprint density at radius 3 is 2.75 bits per heavy atom. The average Bonchev–Trinajstić information content (AvgIpc) is 2.24. The number of amides is 1. The smallest absolute Gasteiger partial charge is 0.238 e. The van der Waals surface area contributed by atoms with Crippen LogP contribution in [0.15, 0.2) is 12.1 Å². The molecular weight excluding hydrogens is 233 g/mol. The third kappa shape index (κ3) is 2.47. The van der Waals surface area contributed by atoms with Crippen molar-refractivity contribution in [3.05, 3.63) is 28.5 Å². The minimum absolute atomic E-state index is 0.00431. The Balaban J connectivity index is 3.08. The highest BCUT2D eigenvalue weighted by molar-refractivity contribution is 6.31. The van der Waals surface area contributed by atoms with Crippen LogP contribution in [0.25, 0.3) is 0 Å². The Labute approximate surface area is 95.9 Å². The third-order valence-corrected chi connectivity index (χ3v) is 2.01. The molecule has 0 aliphatic carbocycles. The molecule has 0 aliphatic rings. The van der Waals surface area contributed by atoms with Gasteiger partial charge in [-0.05, 0) is 12.1 Å². The second kappa shape index (κ2) is 5.11. The molecule has 16 heavy (non-hydrogen) atoms. The van der Waals surface area contributed by atoms with Crippen LogP contribution in [-0.4, -0.2) is 5.91 Å². The van der Waals surface area contributed by atoms with E-state index in [1.165, 1.54) is 12.1 Å². The molecule has 0 bridgehead atoms. The molecule has 0 aliphatic heterocycles. The molecule has 0 radical (unpaired) electrons. The fraction of sp³-hybridized carbons (Fsp3) is 0.100. The van der Waals surface area contributed by atoms with E-state index in [0.717, 1.165) is 0 Å². The van der Waals surface area contributed by atoms with Crippen LogP contribution in [0, 0.1) is 28.5 Å². The lowest BCUT2D eigenvalue weighted by Gasteiger charge is -2.06. The number of anilines is 1. The van der Waals surface area contributed by atoms with Gasteiger partial charge in [-0.3, -0.25) is 4.79 Å². The van der Waals surface area contributed by atoms with Crippen LogP contribution < -0.4 is 5.32 Å². The molecule has 1 rings (SSSR count). The summed E-state index contributed by atoms with van der Waals surface area (Å²) < 4.78 is 13.3. The van der Waals surface area contributed by atoms with Crippen molar-refractivity contribution in [2.45, 2.75) is 6.42 Å². The number of carbonyl (C=O) groups is 1. The van der Waals surface area contributed by atoms with Gasteiger partial charge in [0.25, 0.3) is 0 Å². The van der Waals surface area contributed by atoms with E-state index in [4.69, 9.17) is 22.1 Å². The fourth-order valence-electron chi connectivity index (χ4n) is 1.03. The summed E-state index contributed by atoms with van der Waals surface area (Å²) in [6, 6.07) is 5.76. The highest BCUT2D eigenvalue weighted by Crippen LogP contribution is 2.24. The molecule has 1 amide bonds. The number of nitrogens with one attached hydrogen (secondary N) is 1. The molecule has 6 heteroatoms. The van der Waals surface area contributed by atoms with Crippen molar-refractivity contribution >= 4 is 23.2 Å². The fourth-order valence-corrected chi connectivity index (χ4v) is 1.19. The molecule has 0 saturated carbocycles. The van der Waals surface area contributed by atoms with Gasteiger partial charge >= 0.3 is 0 Å². The second-order valence-corrected chi connectivity index (χ2v) is 3.19. The van der Waals surface area contributed by atoms with Gasteiger partial charge < -0.3 is 5.32 Å². The maximum atomic E-state index is 13.3. The van der Waals surface area contributed by atoms with Gasteiger partial charge in [0.15, 0.2) is 5.82 Å². The van der Waals surface area contributed by atoms with E-state index in [1.54, 1.807) is 12.1 Å². The van der Waals surface area contributed by atoms with Gasteiger partial charge in [-0.15, -0.1) is 0 Å². The van der Waals surface area contributed by atoms with Crippen LogP contribution in [0.2, 0.25) is 5.02 Å². The zero-order valence-corrected chi connectivity index (χ0v) is 8.68. The van der Waals surface area contributed by atoms with Gasteiger partial charge in [0.1, 0.15) is 18.1 Å².